The number of carboxylic acid groups (broad SMARTS) is 1. The van der Waals surface area contributed by atoms with Gasteiger partial charge in [-0.2, -0.15) is 0 Å². The molecule has 5 unspecified atom stereocenters. The molecule has 1 aliphatic rings. The lowest BCUT2D eigenvalue weighted by atomic mass is 9.99. The molecule has 0 amide bonds. The van der Waals surface area contributed by atoms with Gasteiger partial charge in [-0.05, 0) is 38.5 Å². The molecule has 0 saturated carbocycles. The number of rotatable bonds is 6. The van der Waals surface area contributed by atoms with Crippen molar-refractivity contribution in [2.24, 2.45) is 0 Å². The molecule has 0 aromatic heterocycles. The molecule has 1 aromatic carbocycles. The molecule has 8 nitrogen and oxygen atoms in total. The van der Waals surface area contributed by atoms with Crippen molar-refractivity contribution in [2.75, 3.05) is 0 Å². The van der Waals surface area contributed by atoms with Crippen LogP contribution in [0.1, 0.15) is 26.3 Å². The number of benzene rings is 1. The van der Waals surface area contributed by atoms with E-state index in [-0.39, 0.29) is 5.60 Å². The molecule has 0 aliphatic carbocycles. The molecule has 1 saturated heterocycles. The second kappa shape index (κ2) is 8.81. The second-order valence-corrected chi connectivity index (χ2v) is 7.47. The normalized spacial score (nSPS) is 29.4. The van der Waals surface area contributed by atoms with Crippen LogP contribution in [0.3, 0.4) is 0 Å². The molecule has 2 rings (SSSR count). The average Bonchev–Trinajstić information content (AvgIpc) is 2.56. The summed E-state index contributed by atoms with van der Waals surface area (Å²) in [5.41, 5.74) is 0.681. The van der Waals surface area contributed by atoms with E-state index in [1.54, 1.807) is 24.3 Å². The van der Waals surface area contributed by atoms with Crippen LogP contribution in [-0.4, -0.2) is 57.6 Å². The summed E-state index contributed by atoms with van der Waals surface area (Å²) in [7, 11) is 0. The third kappa shape index (κ3) is 5.51. The van der Waals surface area contributed by atoms with E-state index in [4.69, 9.17) is 22.4 Å². The van der Waals surface area contributed by atoms with Crippen molar-refractivity contribution in [1.29, 1.82) is 0 Å². The molecule has 3 N–H and O–H groups in total. The van der Waals surface area contributed by atoms with E-state index in [2.05, 4.69) is 0 Å². The minimum Gasteiger partial charge on any atom is -0.479 e. The summed E-state index contributed by atoms with van der Waals surface area (Å²) >= 11 is 1.49. The molecule has 1 aromatic rings. The summed E-state index contributed by atoms with van der Waals surface area (Å²) in [6, 6.07) is 6.93. The first-order valence-electron chi connectivity index (χ1n) is 8.04. The maximum absolute atomic E-state index is 11.2. The van der Waals surface area contributed by atoms with E-state index in [1.165, 1.54) is 23.0 Å². The highest BCUT2D eigenvalue weighted by Crippen LogP contribution is 2.27. The number of ether oxygens (including phenoxy) is 3. The van der Waals surface area contributed by atoms with E-state index < -0.39 is 36.7 Å². The third-order valence-electron chi connectivity index (χ3n) is 3.74. The summed E-state index contributed by atoms with van der Waals surface area (Å²) in [4.78, 5) is 11.2. The first-order chi connectivity index (χ1) is 12.1. The molecular weight excluding hydrogens is 459 g/mol. The SMILES string of the molecule is CC(C)(C)OCc1ccc(OC2OC(C(=O)O)C(O)C(OI)C2O)cc1. The Bertz CT molecular complexity index is 600. The van der Waals surface area contributed by atoms with Crippen LogP contribution < -0.4 is 4.74 Å². The standard InChI is InChI=1S/C17H23IO8/c1-17(2,3)23-8-9-4-6-10(7-5-9)24-16-12(20)13(26-18)11(19)14(25-16)15(21)22/h4-7,11-14,16,19-20H,8H2,1-3H3,(H,21,22). The molecule has 0 bridgehead atoms. The van der Waals surface area contributed by atoms with Crippen molar-refractivity contribution >= 4 is 29.0 Å². The maximum Gasteiger partial charge on any atom is 0.335 e. The zero-order valence-electron chi connectivity index (χ0n) is 14.7. The minimum absolute atomic E-state index is 0.254. The third-order valence-corrected chi connectivity index (χ3v) is 4.32. The van der Waals surface area contributed by atoms with Gasteiger partial charge in [-0.25, -0.2) is 4.79 Å². The van der Waals surface area contributed by atoms with E-state index in [1.807, 2.05) is 20.8 Å². The van der Waals surface area contributed by atoms with Crippen molar-refractivity contribution in [1.82, 2.24) is 0 Å². The predicted octanol–water partition coefficient (Wildman–Crippen LogP) is 1.65. The van der Waals surface area contributed by atoms with Gasteiger partial charge in [0.1, 0.15) is 47.1 Å². The summed E-state index contributed by atoms with van der Waals surface area (Å²) in [6.45, 7) is 6.33. The van der Waals surface area contributed by atoms with E-state index in [0.29, 0.717) is 12.4 Å². The summed E-state index contributed by atoms with van der Waals surface area (Å²) in [6.07, 6.45) is -6.90. The number of hydrogen-bond donors (Lipinski definition) is 3. The number of aliphatic hydroxyl groups is 2. The molecule has 1 aliphatic heterocycles. The summed E-state index contributed by atoms with van der Waals surface area (Å²) in [5.74, 6) is -0.993. The lowest BCUT2D eigenvalue weighted by Gasteiger charge is -2.39. The maximum atomic E-state index is 11.2. The van der Waals surface area contributed by atoms with Gasteiger partial charge in [-0.3, -0.25) is 0 Å². The highest BCUT2D eigenvalue weighted by atomic mass is 127. The smallest absolute Gasteiger partial charge is 0.335 e. The van der Waals surface area contributed by atoms with Gasteiger partial charge >= 0.3 is 5.97 Å². The molecule has 1 heterocycles. The molecule has 5 atom stereocenters. The highest BCUT2D eigenvalue weighted by molar-refractivity contribution is 14.1. The Labute approximate surface area is 165 Å². The Kier molecular flexibility index (Phi) is 7.22. The lowest BCUT2D eigenvalue weighted by molar-refractivity contribution is -0.262. The molecular formula is C17H23IO8. The number of hydrogen-bond acceptors (Lipinski definition) is 7. The zero-order chi connectivity index (χ0) is 19.5. The van der Waals surface area contributed by atoms with Crippen molar-refractivity contribution in [3.8, 4) is 5.75 Å². The summed E-state index contributed by atoms with van der Waals surface area (Å²) in [5, 5.41) is 29.3. The van der Waals surface area contributed by atoms with Crippen LogP contribution in [0.2, 0.25) is 0 Å². The van der Waals surface area contributed by atoms with E-state index >= 15 is 0 Å². The van der Waals surface area contributed by atoms with Crippen molar-refractivity contribution in [3.05, 3.63) is 29.8 Å². The first kappa shape index (κ1) is 21.3. The minimum atomic E-state index is -1.57. The number of halogens is 1. The van der Waals surface area contributed by atoms with Crippen molar-refractivity contribution in [3.63, 3.8) is 0 Å². The topological polar surface area (TPSA) is 115 Å². The van der Waals surface area contributed by atoms with Gasteiger partial charge in [-0.15, -0.1) is 0 Å². The van der Waals surface area contributed by atoms with Gasteiger partial charge in [0, 0.05) is 0 Å². The Morgan fingerprint density at radius 1 is 1.19 bits per heavy atom. The van der Waals surface area contributed by atoms with Gasteiger partial charge in [0.25, 0.3) is 0 Å². The fraction of sp³-hybridized carbons (Fsp3) is 0.588. The fourth-order valence-corrected chi connectivity index (χ4v) is 2.94. The van der Waals surface area contributed by atoms with Crippen LogP contribution in [0.15, 0.2) is 24.3 Å². The molecule has 26 heavy (non-hydrogen) atoms. The molecule has 0 radical (unpaired) electrons. The Morgan fingerprint density at radius 2 is 1.81 bits per heavy atom. The van der Waals surface area contributed by atoms with Crippen LogP contribution in [0.25, 0.3) is 0 Å². The number of aliphatic hydroxyl groups excluding tert-OH is 2. The lowest BCUT2D eigenvalue weighted by Crippen LogP contribution is -2.61. The molecule has 1 fully saturated rings. The van der Waals surface area contributed by atoms with Gasteiger partial charge in [0.15, 0.2) is 6.10 Å². The highest BCUT2D eigenvalue weighted by Gasteiger charge is 2.49. The van der Waals surface area contributed by atoms with E-state index in [0.717, 1.165) is 5.56 Å². The van der Waals surface area contributed by atoms with Gasteiger partial charge < -0.3 is 32.6 Å². The Balaban J connectivity index is 2.05. The number of carboxylic acids is 1. The number of carbonyl (C=O) groups is 1. The van der Waals surface area contributed by atoms with Gasteiger partial charge in [0.2, 0.25) is 6.29 Å². The summed E-state index contributed by atoms with van der Waals surface area (Å²) < 4.78 is 21.4. The van der Waals surface area contributed by atoms with Crippen molar-refractivity contribution in [2.45, 2.75) is 63.7 Å². The van der Waals surface area contributed by atoms with Crippen molar-refractivity contribution < 1.29 is 37.4 Å². The number of aliphatic carboxylic acids is 1. The van der Waals surface area contributed by atoms with Gasteiger partial charge in [0.05, 0.1) is 12.2 Å². The van der Waals surface area contributed by atoms with Gasteiger partial charge in [-0.1, -0.05) is 12.1 Å². The largest absolute Gasteiger partial charge is 0.479 e. The predicted molar refractivity (Wildman–Crippen MR) is 98.8 cm³/mol. The van der Waals surface area contributed by atoms with Crippen LogP contribution in [0.4, 0.5) is 0 Å². The van der Waals surface area contributed by atoms with E-state index in [9.17, 15) is 15.0 Å². The molecule has 0 spiro atoms. The Hall–Kier alpha value is -0.980. The van der Waals surface area contributed by atoms with Crippen LogP contribution in [0.5, 0.6) is 5.75 Å². The average molecular weight is 482 g/mol. The van der Waals surface area contributed by atoms with Crippen LogP contribution in [-0.2, 0) is 23.9 Å². The monoisotopic (exact) mass is 482 g/mol. The van der Waals surface area contributed by atoms with Crippen LogP contribution in [0, 0.1) is 0 Å². The molecule has 9 heteroatoms. The Morgan fingerprint density at radius 3 is 2.31 bits per heavy atom. The second-order valence-electron chi connectivity index (χ2n) is 6.96. The molecule has 146 valence electrons. The quantitative estimate of drug-likeness (QED) is 0.525. The first-order valence-corrected chi connectivity index (χ1v) is 8.92. The zero-order valence-corrected chi connectivity index (χ0v) is 16.8. The fourth-order valence-electron chi connectivity index (χ4n) is 2.34. The van der Waals surface area contributed by atoms with Crippen LogP contribution >= 0.6 is 23.0 Å².